The summed E-state index contributed by atoms with van der Waals surface area (Å²) < 4.78 is 1.93. The van der Waals surface area contributed by atoms with Crippen LogP contribution in [0.3, 0.4) is 0 Å². The van der Waals surface area contributed by atoms with Crippen LogP contribution in [-0.4, -0.2) is 21.1 Å². The third kappa shape index (κ3) is 3.89. The van der Waals surface area contributed by atoms with Crippen LogP contribution in [0.5, 0.6) is 0 Å². The number of hydrogen-bond acceptors (Lipinski definition) is 4. The summed E-state index contributed by atoms with van der Waals surface area (Å²) in [6, 6.07) is 7.57. The lowest BCUT2D eigenvalue weighted by Gasteiger charge is -2.04. The van der Waals surface area contributed by atoms with Crippen molar-refractivity contribution >= 4 is 28.0 Å². The van der Waals surface area contributed by atoms with Gasteiger partial charge in [0.25, 0.3) is 0 Å². The quantitative estimate of drug-likeness (QED) is 0.671. The molecule has 0 spiro atoms. The maximum atomic E-state index is 12.1. The van der Waals surface area contributed by atoms with Crippen molar-refractivity contribution in [3.63, 3.8) is 0 Å². The van der Waals surface area contributed by atoms with Crippen molar-refractivity contribution in [1.29, 1.82) is 0 Å². The van der Waals surface area contributed by atoms with Gasteiger partial charge in [0, 0.05) is 36.2 Å². The minimum atomic E-state index is -0.134. The summed E-state index contributed by atoms with van der Waals surface area (Å²) in [5.74, 6) is -0.139. The zero-order chi connectivity index (χ0) is 16.9. The lowest BCUT2D eigenvalue weighted by molar-refractivity contribution is -0.121. The molecular weight excluding hydrogens is 322 g/mol. The highest BCUT2D eigenvalue weighted by Crippen LogP contribution is 2.11. The van der Waals surface area contributed by atoms with E-state index in [1.54, 1.807) is 11.3 Å². The highest BCUT2D eigenvalue weighted by Gasteiger charge is 2.10. The molecule has 0 atom stereocenters. The van der Waals surface area contributed by atoms with E-state index in [1.807, 2.05) is 46.4 Å². The average molecular weight is 341 g/mol. The number of carbonyl (C=O) groups excluding carboxylic acids is 2. The third-order valence-corrected chi connectivity index (χ3v) is 4.64. The molecule has 0 unspecified atom stereocenters. The first kappa shape index (κ1) is 16.4. The van der Waals surface area contributed by atoms with E-state index in [-0.39, 0.29) is 24.5 Å². The van der Waals surface area contributed by atoms with Crippen LogP contribution < -0.4 is 5.32 Å². The number of ketones is 1. The Balaban J connectivity index is 1.46. The highest BCUT2D eigenvalue weighted by atomic mass is 32.1. The monoisotopic (exact) mass is 341 g/mol. The molecule has 1 N–H and O–H groups in total. The number of thiazole rings is 1. The highest BCUT2D eigenvalue weighted by molar-refractivity contribution is 7.15. The standard InChI is InChI=1S/C18H19N3O2S/c1-2-13-3-5-14(6-4-13)16(22)7-8-17(23)19-11-15-12-21-9-10-24-18(21)20-15/h3-6,9-10,12H,2,7-8,11H2,1H3,(H,19,23). The first-order valence-corrected chi connectivity index (χ1v) is 8.83. The Labute approximate surface area is 144 Å². The van der Waals surface area contributed by atoms with Crippen LogP contribution in [0.1, 0.15) is 41.4 Å². The smallest absolute Gasteiger partial charge is 0.220 e. The molecule has 0 saturated carbocycles. The van der Waals surface area contributed by atoms with Gasteiger partial charge in [-0.05, 0) is 12.0 Å². The number of carbonyl (C=O) groups is 2. The van der Waals surface area contributed by atoms with Gasteiger partial charge in [0.15, 0.2) is 10.7 Å². The molecule has 1 amide bonds. The third-order valence-electron chi connectivity index (χ3n) is 3.87. The molecule has 0 bridgehead atoms. The number of imidazole rings is 1. The maximum Gasteiger partial charge on any atom is 0.220 e. The Morgan fingerprint density at radius 2 is 2.00 bits per heavy atom. The van der Waals surface area contributed by atoms with Crippen molar-refractivity contribution in [2.45, 2.75) is 32.7 Å². The molecule has 0 radical (unpaired) electrons. The molecule has 0 fully saturated rings. The second-order valence-corrected chi connectivity index (χ2v) is 6.45. The summed E-state index contributed by atoms with van der Waals surface area (Å²) >= 11 is 1.55. The van der Waals surface area contributed by atoms with Gasteiger partial charge in [-0.25, -0.2) is 4.98 Å². The molecule has 0 saturated heterocycles. The van der Waals surface area contributed by atoms with E-state index in [2.05, 4.69) is 17.2 Å². The fourth-order valence-corrected chi connectivity index (χ4v) is 3.16. The van der Waals surface area contributed by atoms with Gasteiger partial charge in [-0.3, -0.25) is 14.0 Å². The van der Waals surface area contributed by atoms with Crippen LogP contribution in [0.4, 0.5) is 0 Å². The number of nitrogens with one attached hydrogen (secondary N) is 1. The van der Waals surface area contributed by atoms with Gasteiger partial charge in [0.05, 0.1) is 12.2 Å². The number of rotatable bonds is 7. The number of Topliss-reactive ketones (excluding diaryl/α,β-unsaturated/α-hetero) is 1. The molecule has 1 aromatic carbocycles. The summed E-state index contributed by atoms with van der Waals surface area (Å²) in [5.41, 5.74) is 2.68. The van der Waals surface area contributed by atoms with Crippen LogP contribution in [0.2, 0.25) is 0 Å². The van der Waals surface area contributed by atoms with Gasteiger partial charge in [-0.15, -0.1) is 11.3 Å². The largest absolute Gasteiger partial charge is 0.350 e. The summed E-state index contributed by atoms with van der Waals surface area (Å²) in [5, 5.41) is 4.77. The molecule has 24 heavy (non-hydrogen) atoms. The summed E-state index contributed by atoms with van der Waals surface area (Å²) in [6.45, 7) is 2.46. The van der Waals surface area contributed by atoms with Gasteiger partial charge < -0.3 is 5.32 Å². The van der Waals surface area contributed by atoms with Gasteiger partial charge >= 0.3 is 0 Å². The minimum Gasteiger partial charge on any atom is -0.350 e. The summed E-state index contributed by atoms with van der Waals surface area (Å²) in [4.78, 5) is 29.3. The predicted octanol–water partition coefficient (Wildman–Crippen LogP) is 3.24. The Bertz CT molecular complexity index is 820. The zero-order valence-corrected chi connectivity index (χ0v) is 14.3. The number of fused-ring (bicyclic) bond motifs is 1. The molecule has 3 aromatic rings. The van der Waals surface area contributed by atoms with Crippen molar-refractivity contribution < 1.29 is 9.59 Å². The Morgan fingerprint density at radius 1 is 1.21 bits per heavy atom. The van der Waals surface area contributed by atoms with E-state index in [4.69, 9.17) is 0 Å². The van der Waals surface area contributed by atoms with Crippen molar-refractivity contribution in [3.8, 4) is 0 Å². The number of benzene rings is 1. The first-order valence-electron chi connectivity index (χ1n) is 7.95. The van der Waals surface area contributed by atoms with Crippen LogP contribution in [-0.2, 0) is 17.8 Å². The predicted molar refractivity (Wildman–Crippen MR) is 94.3 cm³/mol. The SMILES string of the molecule is CCc1ccc(C(=O)CCC(=O)NCc2cn3ccsc3n2)cc1. The molecule has 124 valence electrons. The van der Waals surface area contributed by atoms with E-state index < -0.39 is 0 Å². The van der Waals surface area contributed by atoms with Gasteiger partial charge in [-0.2, -0.15) is 0 Å². The van der Waals surface area contributed by atoms with Crippen LogP contribution in [0.15, 0.2) is 42.0 Å². The summed E-state index contributed by atoms with van der Waals surface area (Å²) in [7, 11) is 0. The van der Waals surface area contributed by atoms with Crippen molar-refractivity contribution in [2.24, 2.45) is 0 Å². The number of nitrogens with zero attached hydrogens (tertiary/aromatic N) is 2. The van der Waals surface area contributed by atoms with E-state index in [0.29, 0.717) is 12.1 Å². The van der Waals surface area contributed by atoms with Gasteiger partial charge in [0.2, 0.25) is 5.91 Å². The Kier molecular flexibility index (Phi) is 5.05. The molecule has 0 aliphatic heterocycles. The lowest BCUT2D eigenvalue weighted by Crippen LogP contribution is -2.23. The second kappa shape index (κ2) is 7.40. The summed E-state index contributed by atoms with van der Waals surface area (Å²) in [6.07, 6.45) is 5.18. The molecule has 2 heterocycles. The molecule has 6 heteroatoms. The first-order chi connectivity index (χ1) is 11.7. The van der Waals surface area contributed by atoms with Crippen molar-refractivity contribution in [3.05, 3.63) is 58.9 Å². The fourth-order valence-electron chi connectivity index (χ4n) is 2.44. The minimum absolute atomic E-state index is 0.00434. The maximum absolute atomic E-state index is 12.1. The van der Waals surface area contributed by atoms with Crippen molar-refractivity contribution in [2.75, 3.05) is 0 Å². The van der Waals surface area contributed by atoms with Gasteiger partial charge in [-0.1, -0.05) is 31.2 Å². The van der Waals surface area contributed by atoms with E-state index in [9.17, 15) is 9.59 Å². The van der Waals surface area contributed by atoms with Crippen LogP contribution in [0, 0.1) is 0 Å². The number of hydrogen-bond donors (Lipinski definition) is 1. The molecule has 5 nitrogen and oxygen atoms in total. The van der Waals surface area contributed by atoms with Crippen LogP contribution >= 0.6 is 11.3 Å². The molecule has 0 aliphatic rings. The fraction of sp³-hybridized carbons (Fsp3) is 0.278. The average Bonchev–Trinajstić information content (AvgIpc) is 3.19. The van der Waals surface area contributed by atoms with E-state index >= 15 is 0 Å². The van der Waals surface area contributed by atoms with Crippen LogP contribution in [0.25, 0.3) is 4.96 Å². The topological polar surface area (TPSA) is 63.5 Å². The van der Waals surface area contributed by atoms with Gasteiger partial charge in [0.1, 0.15) is 0 Å². The number of amides is 1. The second-order valence-electron chi connectivity index (χ2n) is 5.58. The Morgan fingerprint density at radius 3 is 2.71 bits per heavy atom. The molecular formula is C18H19N3O2S. The zero-order valence-electron chi connectivity index (χ0n) is 13.5. The number of aromatic nitrogens is 2. The molecule has 0 aliphatic carbocycles. The van der Waals surface area contributed by atoms with E-state index in [0.717, 1.165) is 17.1 Å². The Hall–Kier alpha value is -2.47. The normalized spacial score (nSPS) is 10.9. The lowest BCUT2D eigenvalue weighted by atomic mass is 10.0. The molecule has 3 rings (SSSR count). The van der Waals surface area contributed by atoms with E-state index in [1.165, 1.54) is 5.56 Å². The number of aryl methyl sites for hydroxylation is 1. The van der Waals surface area contributed by atoms with Crippen molar-refractivity contribution in [1.82, 2.24) is 14.7 Å². The molecule has 2 aromatic heterocycles.